The third kappa shape index (κ3) is 10.4. The van der Waals surface area contributed by atoms with Crippen molar-refractivity contribution in [1.82, 2.24) is 0 Å². The first-order valence-electron chi connectivity index (χ1n) is 2.10. The maximum Gasteiger partial charge on any atom is 2.00 e. The van der Waals surface area contributed by atoms with Crippen LogP contribution in [0.25, 0.3) is 0 Å². The van der Waals surface area contributed by atoms with Gasteiger partial charge < -0.3 is 24.5 Å². The number of ether oxygens (including phenoxy) is 1. The molecular weight excluding hydrogens is 187 g/mol. The summed E-state index contributed by atoms with van der Waals surface area (Å²) in [6.45, 7) is -1.43. The maximum absolute atomic E-state index is 9.53. The summed E-state index contributed by atoms with van der Waals surface area (Å²) < 4.78 is 4.03. The summed E-state index contributed by atoms with van der Waals surface area (Å²) in [5, 5.41) is 19.1. The van der Waals surface area contributed by atoms with Crippen molar-refractivity contribution in [3.8, 4) is 0 Å². The van der Waals surface area contributed by atoms with Crippen molar-refractivity contribution >= 4 is 11.9 Å². The third-order valence-corrected chi connectivity index (χ3v) is 0.440. The average molecular weight is 191 g/mol. The van der Waals surface area contributed by atoms with Gasteiger partial charge in [-0.15, -0.1) is 0 Å². The molecule has 0 bridgehead atoms. The second-order valence-corrected chi connectivity index (χ2v) is 1.24. The van der Waals surface area contributed by atoms with Crippen LogP contribution in [-0.4, -0.2) is 25.2 Å². The molecule has 0 heterocycles. The van der Waals surface area contributed by atoms with Crippen LogP contribution in [0, 0.1) is 0 Å². The van der Waals surface area contributed by atoms with Gasteiger partial charge in [0.25, 0.3) is 0 Å². The molecule has 0 spiro atoms. The van der Waals surface area contributed by atoms with Crippen LogP contribution in [0.1, 0.15) is 0 Å². The van der Waals surface area contributed by atoms with E-state index in [2.05, 4.69) is 4.74 Å². The molecule has 0 atom stereocenters. The molecule has 0 aliphatic rings. The van der Waals surface area contributed by atoms with Crippen molar-refractivity contribution in [2.24, 2.45) is 0 Å². The first kappa shape index (κ1) is 12.1. The molecule has 0 N–H and O–H groups in total. The van der Waals surface area contributed by atoms with Crippen molar-refractivity contribution < 1.29 is 41.3 Å². The van der Waals surface area contributed by atoms with Gasteiger partial charge >= 0.3 is 16.8 Å². The fourth-order valence-corrected chi connectivity index (χ4v) is 0.218. The summed E-state index contributed by atoms with van der Waals surface area (Å²) in [6, 6.07) is 0. The van der Waals surface area contributed by atoms with E-state index in [-0.39, 0.29) is 16.8 Å². The van der Waals surface area contributed by atoms with E-state index in [9.17, 15) is 19.8 Å². The van der Waals surface area contributed by atoms with Crippen LogP contribution in [0.4, 0.5) is 0 Å². The molecule has 0 aromatic rings. The molecule has 0 aliphatic heterocycles. The van der Waals surface area contributed by atoms with Gasteiger partial charge in [0.2, 0.25) is 0 Å². The number of carbonyl (C=O) groups is 2. The van der Waals surface area contributed by atoms with E-state index < -0.39 is 25.2 Å². The SMILES string of the molecule is O=C([O-])COCC(=O)[O-].[Co+2]. The van der Waals surface area contributed by atoms with E-state index in [1.807, 2.05) is 0 Å². The minimum Gasteiger partial charge on any atom is -0.548 e. The van der Waals surface area contributed by atoms with Crippen LogP contribution in [0.2, 0.25) is 0 Å². The Morgan fingerprint density at radius 2 is 1.40 bits per heavy atom. The van der Waals surface area contributed by atoms with Crippen LogP contribution >= 0.6 is 0 Å². The third-order valence-electron chi connectivity index (χ3n) is 0.440. The van der Waals surface area contributed by atoms with Crippen LogP contribution < -0.4 is 10.2 Å². The summed E-state index contributed by atoms with van der Waals surface area (Å²) in [4.78, 5) is 19.1. The zero-order valence-corrected chi connectivity index (χ0v) is 5.83. The summed E-state index contributed by atoms with van der Waals surface area (Å²) in [7, 11) is 0. The zero-order chi connectivity index (χ0) is 7.28. The van der Waals surface area contributed by atoms with Crippen molar-refractivity contribution in [2.45, 2.75) is 0 Å². The van der Waals surface area contributed by atoms with Crippen LogP contribution in [0.3, 0.4) is 0 Å². The van der Waals surface area contributed by atoms with Gasteiger partial charge in [0.15, 0.2) is 0 Å². The maximum atomic E-state index is 9.53. The number of carboxylic acids is 2. The Balaban J connectivity index is 0. The fraction of sp³-hybridized carbons (Fsp3) is 0.500. The van der Waals surface area contributed by atoms with Crippen molar-refractivity contribution in [1.29, 1.82) is 0 Å². The number of rotatable bonds is 4. The molecular formula is C4H4CoO5. The molecule has 0 fully saturated rings. The molecule has 0 rings (SSSR count). The van der Waals surface area contributed by atoms with Gasteiger partial charge in [0.1, 0.15) is 0 Å². The van der Waals surface area contributed by atoms with E-state index in [4.69, 9.17) is 0 Å². The minimum atomic E-state index is -1.45. The van der Waals surface area contributed by atoms with Crippen molar-refractivity contribution in [2.75, 3.05) is 13.2 Å². The number of hydrogen-bond donors (Lipinski definition) is 0. The molecule has 5 nitrogen and oxygen atoms in total. The monoisotopic (exact) mass is 191 g/mol. The van der Waals surface area contributed by atoms with Crippen LogP contribution in [0.5, 0.6) is 0 Å². The van der Waals surface area contributed by atoms with Crippen LogP contribution in [-0.2, 0) is 31.1 Å². The summed E-state index contributed by atoms with van der Waals surface area (Å²) in [5.41, 5.74) is 0. The Bertz CT molecular complexity index is 109. The molecule has 0 aromatic carbocycles. The molecule has 6 heteroatoms. The first-order valence-corrected chi connectivity index (χ1v) is 2.10. The molecule has 0 aliphatic carbocycles. The van der Waals surface area contributed by atoms with E-state index in [1.54, 1.807) is 0 Å². The quantitative estimate of drug-likeness (QED) is 0.459. The molecule has 1 radical (unpaired) electrons. The summed E-state index contributed by atoms with van der Waals surface area (Å²) in [5.74, 6) is -2.90. The van der Waals surface area contributed by atoms with Gasteiger partial charge in [-0.25, -0.2) is 0 Å². The number of hydrogen-bond acceptors (Lipinski definition) is 5. The Kier molecular flexibility index (Phi) is 7.91. The average Bonchev–Trinajstić information content (AvgIpc) is 1.63. The zero-order valence-electron chi connectivity index (χ0n) is 4.79. The van der Waals surface area contributed by atoms with E-state index in [0.29, 0.717) is 0 Å². The van der Waals surface area contributed by atoms with Crippen LogP contribution in [0.15, 0.2) is 0 Å². The van der Waals surface area contributed by atoms with Crippen molar-refractivity contribution in [3.05, 3.63) is 0 Å². The Morgan fingerprint density at radius 3 is 1.60 bits per heavy atom. The second kappa shape index (κ2) is 6.53. The largest absolute Gasteiger partial charge is 2.00 e. The Labute approximate surface area is 67.2 Å². The Hall–Kier alpha value is -0.594. The predicted octanol–water partition coefficient (Wildman–Crippen LogP) is -3.50. The second-order valence-electron chi connectivity index (χ2n) is 1.24. The molecule has 10 heavy (non-hydrogen) atoms. The van der Waals surface area contributed by atoms with Crippen molar-refractivity contribution in [3.63, 3.8) is 0 Å². The first-order chi connectivity index (χ1) is 4.13. The van der Waals surface area contributed by atoms with Gasteiger partial charge in [0, 0.05) is 0 Å². The molecule has 0 saturated heterocycles. The molecule has 0 saturated carbocycles. The number of carbonyl (C=O) groups excluding carboxylic acids is 2. The van der Waals surface area contributed by atoms with E-state index in [1.165, 1.54) is 0 Å². The van der Waals surface area contributed by atoms with Gasteiger partial charge in [-0.05, 0) is 0 Å². The minimum absolute atomic E-state index is 0. The summed E-state index contributed by atoms with van der Waals surface area (Å²) >= 11 is 0. The smallest absolute Gasteiger partial charge is 0.548 e. The van der Waals surface area contributed by atoms with Gasteiger partial charge in [-0.1, -0.05) is 0 Å². The normalized spacial score (nSPS) is 8.00. The van der Waals surface area contributed by atoms with Gasteiger partial charge in [-0.2, -0.15) is 0 Å². The number of aliphatic carboxylic acids is 2. The van der Waals surface area contributed by atoms with Gasteiger partial charge in [0.05, 0.1) is 25.2 Å². The molecule has 0 amide bonds. The van der Waals surface area contributed by atoms with E-state index >= 15 is 0 Å². The van der Waals surface area contributed by atoms with Gasteiger partial charge in [-0.3, -0.25) is 0 Å². The standard InChI is InChI=1S/C4H6O5.Co/c5-3(6)1-9-2-4(7)8;/h1-2H2,(H,5,6)(H,7,8);/q;+2/p-2. The fourth-order valence-electron chi connectivity index (χ4n) is 0.218. The number of carboxylic acid groups (broad SMARTS) is 2. The molecule has 0 aromatic heterocycles. The molecule has 59 valence electrons. The predicted molar refractivity (Wildman–Crippen MR) is 20.8 cm³/mol. The topological polar surface area (TPSA) is 89.5 Å². The summed E-state index contributed by atoms with van der Waals surface area (Å²) in [6.07, 6.45) is 0. The van der Waals surface area contributed by atoms with E-state index in [0.717, 1.165) is 0 Å². The Morgan fingerprint density at radius 1 is 1.10 bits per heavy atom. The molecule has 0 unspecified atom stereocenters.